The van der Waals surface area contributed by atoms with Crippen molar-refractivity contribution in [1.82, 2.24) is 5.32 Å². The highest BCUT2D eigenvalue weighted by atomic mass is 16.6. The third kappa shape index (κ3) is 38.2. The lowest BCUT2D eigenvalue weighted by Crippen LogP contribution is -2.33. The number of unbranched alkanes of at least 4 members (excludes halogenated alkanes) is 1. The summed E-state index contributed by atoms with van der Waals surface area (Å²) in [4.78, 5) is 21.9. The van der Waals surface area contributed by atoms with Crippen LogP contribution in [-0.4, -0.2) is 195 Å². The molecule has 0 saturated carbocycles. The first-order valence-corrected chi connectivity index (χ1v) is 18.7. The SMILES string of the molecule is O=C(O)CCCCC(=O)OCCOCCOCCOCCOCCOCCOCCOCCOCCOCCOCCOCCOC1CCNCC1. The molecule has 17 heteroatoms. The molecule has 1 aliphatic rings. The van der Waals surface area contributed by atoms with Crippen LogP contribution in [0.3, 0.4) is 0 Å². The van der Waals surface area contributed by atoms with Gasteiger partial charge in [-0.25, -0.2) is 0 Å². The Morgan fingerprint density at radius 1 is 0.423 bits per heavy atom. The van der Waals surface area contributed by atoms with Gasteiger partial charge in [-0.05, 0) is 38.8 Å². The molecule has 0 spiro atoms. The van der Waals surface area contributed by atoms with Gasteiger partial charge in [-0.15, -0.1) is 0 Å². The maximum Gasteiger partial charge on any atom is 0.305 e. The maximum absolute atomic E-state index is 11.5. The summed E-state index contributed by atoms with van der Waals surface area (Å²) in [6, 6.07) is 0. The van der Waals surface area contributed by atoms with E-state index in [9.17, 15) is 9.59 Å². The van der Waals surface area contributed by atoms with Crippen LogP contribution in [0.4, 0.5) is 0 Å². The summed E-state index contributed by atoms with van der Waals surface area (Å²) in [5.41, 5.74) is 0. The van der Waals surface area contributed by atoms with E-state index in [0.29, 0.717) is 164 Å². The Balaban J connectivity index is 1.61. The van der Waals surface area contributed by atoms with Crippen LogP contribution >= 0.6 is 0 Å². The van der Waals surface area contributed by atoms with E-state index in [1.54, 1.807) is 0 Å². The number of carboxylic acids is 1. The number of nitrogens with one attached hydrogen (secondary N) is 1. The first-order chi connectivity index (χ1) is 25.7. The smallest absolute Gasteiger partial charge is 0.305 e. The molecule has 1 fully saturated rings. The Morgan fingerprint density at radius 2 is 0.712 bits per heavy atom. The molecule has 52 heavy (non-hydrogen) atoms. The Kier molecular flexibility index (Phi) is 37.8. The van der Waals surface area contributed by atoms with Gasteiger partial charge in [0.2, 0.25) is 0 Å². The zero-order chi connectivity index (χ0) is 37.3. The van der Waals surface area contributed by atoms with Crippen molar-refractivity contribution >= 4 is 11.9 Å². The van der Waals surface area contributed by atoms with Crippen LogP contribution in [-0.2, 0) is 71.2 Å². The highest BCUT2D eigenvalue weighted by molar-refractivity contribution is 5.69. The summed E-state index contributed by atoms with van der Waals surface area (Å²) < 4.78 is 70.9. The number of hydrogen-bond acceptors (Lipinski definition) is 16. The van der Waals surface area contributed by atoms with E-state index >= 15 is 0 Å². The topological polar surface area (TPSA) is 186 Å². The van der Waals surface area contributed by atoms with Gasteiger partial charge in [0, 0.05) is 12.8 Å². The Morgan fingerprint density at radius 3 is 1.04 bits per heavy atom. The molecule has 1 saturated heterocycles. The predicted octanol–water partition coefficient (Wildman–Crippen LogP) is 1.13. The first-order valence-electron chi connectivity index (χ1n) is 18.7. The quantitative estimate of drug-likeness (QED) is 0.0666. The molecule has 17 nitrogen and oxygen atoms in total. The fourth-order valence-electron chi connectivity index (χ4n) is 4.37. The maximum atomic E-state index is 11.5. The number of carboxylic acid groups (broad SMARTS) is 1. The lowest BCUT2D eigenvalue weighted by atomic mass is 10.1. The van der Waals surface area contributed by atoms with Gasteiger partial charge in [0.15, 0.2) is 0 Å². The summed E-state index contributed by atoms with van der Waals surface area (Å²) in [7, 11) is 0. The molecule has 0 aromatic rings. The number of carbonyl (C=O) groups is 2. The minimum Gasteiger partial charge on any atom is -0.481 e. The Labute approximate surface area is 309 Å². The number of aliphatic carboxylic acids is 1. The van der Waals surface area contributed by atoms with Crippen molar-refractivity contribution in [3.63, 3.8) is 0 Å². The van der Waals surface area contributed by atoms with Gasteiger partial charge < -0.3 is 72.0 Å². The normalized spacial score (nSPS) is 13.5. The third-order valence-electron chi connectivity index (χ3n) is 7.10. The predicted molar refractivity (Wildman–Crippen MR) is 188 cm³/mol. The highest BCUT2D eigenvalue weighted by Gasteiger charge is 2.12. The average molecular weight is 758 g/mol. The zero-order valence-electron chi connectivity index (χ0n) is 31.3. The highest BCUT2D eigenvalue weighted by Crippen LogP contribution is 2.06. The van der Waals surface area contributed by atoms with E-state index in [2.05, 4.69) is 5.32 Å². The van der Waals surface area contributed by atoms with Crippen molar-refractivity contribution in [2.45, 2.75) is 44.6 Å². The van der Waals surface area contributed by atoms with Crippen LogP contribution in [0.1, 0.15) is 38.5 Å². The van der Waals surface area contributed by atoms with Crippen LogP contribution in [0, 0.1) is 0 Å². The van der Waals surface area contributed by atoms with Crippen LogP contribution in [0.15, 0.2) is 0 Å². The largest absolute Gasteiger partial charge is 0.481 e. The summed E-state index contributed by atoms with van der Waals surface area (Å²) in [5.74, 6) is -1.21. The monoisotopic (exact) mass is 757 g/mol. The van der Waals surface area contributed by atoms with Gasteiger partial charge in [0.05, 0.1) is 158 Å². The molecular weight excluding hydrogens is 690 g/mol. The van der Waals surface area contributed by atoms with Crippen molar-refractivity contribution in [2.24, 2.45) is 0 Å². The number of carbonyl (C=O) groups excluding carboxylic acids is 1. The summed E-state index contributed by atoms with van der Waals surface area (Å²) in [6.45, 7) is 13.4. The van der Waals surface area contributed by atoms with E-state index in [0.717, 1.165) is 25.9 Å². The lowest BCUT2D eigenvalue weighted by molar-refractivity contribution is -0.146. The fraction of sp³-hybridized carbons (Fsp3) is 0.943. The van der Waals surface area contributed by atoms with Gasteiger partial charge in [-0.3, -0.25) is 9.59 Å². The van der Waals surface area contributed by atoms with Gasteiger partial charge in [-0.1, -0.05) is 0 Å². The molecular formula is C35H67NO16. The van der Waals surface area contributed by atoms with Gasteiger partial charge >= 0.3 is 11.9 Å². The fourth-order valence-corrected chi connectivity index (χ4v) is 4.37. The molecule has 0 radical (unpaired) electrons. The first kappa shape index (κ1) is 48.4. The molecule has 0 aromatic carbocycles. The van der Waals surface area contributed by atoms with Crippen molar-refractivity contribution in [3.8, 4) is 0 Å². The number of ether oxygens (including phenoxy) is 13. The van der Waals surface area contributed by atoms with Crippen LogP contribution in [0.2, 0.25) is 0 Å². The summed E-state index contributed by atoms with van der Waals surface area (Å²) in [5, 5.41) is 11.9. The molecule has 2 N–H and O–H groups in total. The van der Waals surface area contributed by atoms with E-state index in [-0.39, 0.29) is 32.0 Å². The average Bonchev–Trinajstić information content (AvgIpc) is 3.15. The van der Waals surface area contributed by atoms with E-state index < -0.39 is 5.97 Å². The molecule has 0 aliphatic carbocycles. The summed E-state index contributed by atoms with van der Waals surface area (Å²) in [6.07, 6.45) is 3.74. The van der Waals surface area contributed by atoms with Crippen molar-refractivity contribution in [1.29, 1.82) is 0 Å². The lowest BCUT2D eigenvalue weighted by Gasteiger charge is -2.22. The second-order valence-corrected chi connectivity index (χ2v) is 11.4. The van der Waals surface area contributed by atoms with E-state index in [1.165, 1.54) is 0 Å². The van der Waals surface area contributed by atoms with Crippen LogP contribution in [0.5, 0.6) is 0 Å². The molecule has 1 heterocycles. The molecule has 1 aliphatic heterocycles. The molecule has 1 rings (SSSR count). The Hall–Kier alpha value is -1.58. The van der Waals surface area contributed by atoms with Crippen LogP contribution in [0.25, 0.3) is 0 Å². The summed E-state index contributed by atoms with van der Waals surface area (Å²) >= 11 is 0. The second-order valence-electron chi connectivity index (χ2n) is 11.4. The van der Waals surface area contributed by atoms with Crippen molar-refractivity contribution in [2.75, 3.05) is 172 Å². The minimum atomic E-state index is -0.863. The molecule has 0 amide bonds. The Bertz CT molecular complexity index is 762. The van der Waals surface area contributed by atoms with E-state index in [4.69, 9.17) is 66.7 Å². The molecule has 0 unspecified atom stereocenters. The van der Waals surface area contributed by atoms with Crippen LogP contribution < -0.4 is 5.32 Å². The van der Waals surface area contributed by atoms with E-state index in [1.807, 2.05) is 0 Å². The number of rotatable bonds is 42. The molecule has 308 valence electrons. The van der Waals surface area contributed by atoms with Gasteiger partial charge in [0.1, 0.15) is 6.61 Å². The zero-order valence-corrected chi connectivity index (χ0v) is 31.3. The molecule has 0 atom stereocenters. The van der Waals surface area contributed by atoms with Crippen molar-refractivity contribution in [3.05, 3.63) is 0 Å². The van der Waals surface area contributed by atoms with Crippen molar-refractivity contribution < 1.29 is 76.3 Å². The number of hydrogen-bond donors (Lipinski definition) is 2. The third-order valence-corrected chi connectivity index (χ3v) is 7.10. The van der Waals surface area contributed by atoms with Gasteiger partial charge in [0.25, 0.3) is 0 Å². The molecule has 0 aromatic heterocycles. The standard InChI is InChI=1S/C35H67NO16/c37-34(38)3-1-2-4-35(39)52-32-30-50-28-26-48-24-22-46-20-18-44-16-14-42-12-10-40-9-11-41-13-15-43-17-19-45-21-23-47-25-27-49-29-31-51-33-5-7-36-8-6-33/h33,36H,1-32H2,(H,37,38). The van der Waals surface area contributed by atoms with Gasteiger partial charge in [-0.2, -0.15) is 0 Å². The number of esters is 1. The second kappa shape index (κ2) is 40.6. The minimum absolute atomic E-state index is 0.0594. The molecule has 0 bridgehead atoms. The number of piperidine rings is 1.